The third kappa shape index (κ3) is 796. The topological polar surface area (TPSA) is 47.6 Å². The second kappa shape index (κ2) is 13.5. The van der Waals surface area contributed by atoms with Gasteiger partial charge in [0.05, 0.1) is 12.1 Å². The molecule has 0 heterocycles. The first-order valence-electron chi connectivity index (χ1n) is 3.19. The van der Waals surface area contributed by atoms with E-state index < -0.39 is 14.5 Å². The Hall–Kier alpha value is -1.45. The summed E-state index contributed by atoms with van der Waals surface area (Å²) in [7, 11) is -12.0. The Kier molecular flexibility index (Phi) is 20.3. The van der Waals surface area contributed by atoms with Crippen molar-refractivity contribution in [3.63, 3.8) is 0 Å². The quantitative estimate of drug-likeness (QED) is 0.490. The zero-order chi connectivity index (χ0) is 14.4. The number of hydrogen-bond donors (Lipinski definition) is 0. The standard InChI is InChI=1S/2C2H3N.2BF4/c2*1-2-3;2*2-1(3,4)5/h2*1H3;;/q;;2*-1. The maximum Gasteiger partial charge on any atom is 0.673 e. The Morgan fingerprint density at radius 3 is 0.625 bits per heavy atom. The molecule has 0 saturated heterocycles. The first-order chi connectivity index (χ1) is 6.83. The van der Waals surface area contributed by atoms with E-state index in [2.05, 4.69) is 0 Å². The summed E-state index contributed by atoms with van der Waals surface area (Å²) in [6.45, 7) is 2.86. The van der Waals surface area contributed by atoms with E-state index in [9.17, 15) is 34.5 Å². The Balaban J connectivity index is -0.0000000621. The van der Waals surface area contributed by atoms with Crippen LogP contribution in [0.25, 0.3) is 0 Å². The highest BCUT2D eigenvalue weighted by Crippen LogP contribution is 2.07. The summed E-state index contributed by atoms with van der Waals surface area (Å²) in [6.07, 6.45) is 0. The van der Waals surface area contributed by atoms with E-state index in [1.54, 1.807) is 12.1 Å². The van der Waals surface area contributed by atoms with Crippen molar-refractivity contribution < 1.29 is 34.5 Å². The van der Waals surface area contributed by atoms with Crippen LogP contribution in [-0.4, -0.2) is 14.5 Å². The van der Waals surface area contributed by atoms with Gasteiger partial charge in [0.1, 0.15) is 0 Å². The van der Waals surface area contributed by atoms with Crippen LogP contribution in [0, 0.1) is 22.7 Å². The van der Waals surface area contributed by atoms with Gasteiger partial charge in [-0.1, -0.05) is 0 Å². The molecule has 0 atom stereocenters. The van der Waals surface area contributed by atoms with E-state index in [1.165, 1.54) is 13.8 Å². The molecule has 96 valence electrons. The fourth-order valence-electron chi connectivity index (χ4n) is 0. The summed E-state index contributed by atoms with van der Waals surface area (Å²) in [5.74, 6) is 0. The maximum atomic E-state index is 9.75. The van der Waals surface area contributed by atoms with Crippen molar-refractivity contribution in [1.29, 1.82) is 10.5 Å². The molecule has 0 aliphatic heterocycles. The molecule has 0 aromatic heterocycles. The van der Waals surface area contributed by atoms with Gasteiger partial charge in [-0.2, -0.15) is 10.5 Å². The Morgan fingerprint density at radius 1 is 0.625 bits per heavy atom. The van der Waals surface area contributed by atoms with Crippen molar-refractivity contribution in [2.75, 3.05) is 0 Å². The van der Waals surface area contributed by atoms with Gasteiger partial charge in [0.15, 0.2) is 0 Å². The molecule has 0 N–H and O–H groups in total. The van der Waals surface area contributed by atoms with Gasteiger partial charge in [-0.15, -0.1) is 0 Å². The molecule has 2 nitrogen and oxygen atoms in total. The summed E-state index contributed by atoms with van der Waals surface area (Å²) in [4.78, 5) is 0. The predicted molar refractivity (Wildman–Crippen MR) is 42.9 cm³/mol. The lowest BCUT2D eigenvalue weighted by atomic mass is 10.3. The van der Waals surface area contributed by atoms with Gasteiger partial charge in [-0.3, -0.25) is 0 Å². The number of rotatable bonds is 0. The first kappa shape index (κ1) is 24.0. The highest BCUT2D eigenvalue weighted by molar-refractivity contribution is 6.50. The van der Waals surface area contributed by atoms with Crippen LogP contribution in [-0.2, 0) is 0 Å². The Labute approximate surface area is 86.7 Å². The molecular weight excluding hydrogens is 250 g/mol. The molecule has 0 aliphatic carbocycles. The number of nitriles is 2. The van der Waals surface area contributed by atoms with Gasteiger partial charge in [-0.25, -0.2) is 0 Å². The second-order valence-corrected chi connectivity index (χ2v) is 1.44. The van der Waals surface area contributed by atoms with Crippen molar-refractivity contribution in [3.8, 4) is 12.1 Å². The zero-order valence-electron chi connectivity index (χ0n) is 8.07. The van der Waals surface area contributed by atoms with Crippen LogP contribution in [0.3, 0.4) is 0 Å². The number of hydrogen-bond acceptors (Lipinski definition) is 2. The monoisotopic (exact) mass is 256 g/mol. The Bertz CT molecular complexity index is 174. The fourth-order valence-corrected chi connectivity index (χ4v) is 0. The minimum atomic E-state index is -6.00. The lowest BCUT2D eigenvalue weighted by Gasteiger charge is -1.94. The van der Waals surface area contributed by atoms with Gasteiger partial charge < -0.3 is 34.5 Å². The van der Waals surface area contributed by atoms with Crippen molar-refractivity contribution in [3.05, 3.63) is 0 Å². The van der Waals surface area contributed by atoms with Crippen molar-refractivity contribution in [1.82, 2.24) is 0 Å². The molecule has 0 fully saturated rings. The van der Waals surface area contributed by atoms with Crippen LogP contribution in [0.4, 0.5) is 34.5 Å². The smallest absolute Gasteiger partial charge is 0.418 e. The van der Waals surface area contributed by atoms with E-state index in [4.69, 9.17) is 10.5 Å². The average molecular weight is 256 g/mol. The molecule has 12 heteroatoms. The molecule has 0 aliphatic rings. The maximum absolute atomic E-state index is 9.75. The van der Waals surface area contributed by atoms with Gasteiger partial charge >= 0.3 is 14.5 Å². The van der Waals surface area contributed by atoms with E-state index in [-0.39, 0.29) is 0 Å². The average Bonchev–Trinajstić information content (AvgIpc) is 1.79. The Morgan fingerprint density at radius 2 is 0.625 bits per heavy atom. The molecule has 0 bridgehead atoms. The van der Waals surface area contributed by atoms with Crippen LogP contribution >= 0.6 is 0 Å². The molecule has 16 heavy (non-hydrogen) atoms. The van der Waals surface area contributed by atoms with E-state index >= 15 is 0 Å². The van der Waals surface area contributed by atoms with Gasteiger partial charge in [0, 0.05) is 13.8 Å². The zero-order valence-corrected chi connectivity index (χ0v) is 8.07. The molecule has 0 spiro atoms. The summed E-state index contributed by atoms with van der Waals surface area (Å²) in [6, 6.07) is 3.50. The molecular formula is C4H6B2F8N2-2. The largest absolute Gasteiger partial charge is 0.673 e. The molecule has 0 aromatic carbocycles. The van der Waals surface area contributed by atoms with E-state index in [0.29, 0.717) is 0 Å². The summed E-state index contributed by atoms with van der Waals surface area (Å²) in [5.41, 5.74) is 0. The van der Waals surface area contributed by atoms with Crippen molar-refractivity contribution >= 4 is 14.5 Å². The normalized spacial score (nSPS) is 8.50. The number of nitrogens with zero attached hydrogens (tertiary/aromatic N) is 2. The van der Waals surface area contributed by atoms with Crippen LogP contribution in [0.1, 0.15) is 13.8 Å². The SMILES string of the molecule is CC#N.CC#N.F[B-](F)(F)F.F[B-](F)(F)F. The van der Waals surface area contributed by atoms with Gasteiger partial charge in [-0.05, 0) is 0 Å². The predicted octanol–water partition coefficient (Wildman–Crippen LogP) is 3.66. The molecule has 0 unspecified atom stereocenters. The minimum absolute atomic E-state index is 1.43. The fraction of sp³-hybridized carbons (Fsp3) is 0.500. The lowest BCUT2D eigenvalue weighted by Crippen LogP contribution is -2.02. The van der Waals surface area contributed by atoms with Crippen molar-refractivity contribution in [2.45, 2.75) is 13.8 Å². The number of halogens is 8. The summed E-state index contributed by atoms with van der Waals surface area (Å²) < 4.78 is 78.0. The van der Waals surface area contributed by atoms with Gasteiger partial charge in [0.25, 0.3) is 0 Å². The lowest BCUT2D eigenvalue weighted by molar-refractivity contribution is 0.366. The van der Waals surface area contributed by atoms with Crippen LogP contribution < -0.4 is 0 Å². The third-order valence-electron chi connectivity index (χ3n) is 0. The molecule has 0 aromatic rings. The highest BCUT2D eigenvalue weighted by Gasteiger charge is 2.21. The van der Waals surface area contributed by atoms with E-state index in [1.807, 2.05) is 0 Å². The molecule has 0 radical (unpaired) electrons. The van der Waals surface area contributed by atoms with Gasteiger partial charge in [0.2, 0.25) is 0 Å². The summed E-state index contributed by atoms with van der Waals surface area (Å²) >= 11 is 0. The minimum Gasteiger partial charge on any atom is -0.418 e. The second-order valence-electron chi connectivity index (χ2n) is 1.44. The molecule has 0 rings (SSSR count). The summed E-state index contributed by atoms with van der Waals surface area (Å²) in [5, 5.41) is 14.6. The molecule has 0 amide bonds. The highest BCUT2D eigenvalue weighted by atomic mass is 19.5. The first-order valence-corrected chi connectivity index (χ1v) is 3.19. The van der Waals surface area contributed by atoms with E-state index in [0.717, 1.165) is 0 Å². The van der Waals surface area contributed by atoms with Crippen LogP contribution in [0.5, 0.6) is 0 Å². The van der Waals surface area contributed by atoms with Crippen LogP contribution in [0.2, 0.25) is 0 Å². The van der Waals surface area contributed by atoms with Crippen LogP contribution in [0.15, 0.2) is 0 Å². The van der Waals surface area contributed by atoms with Crippen molar-refractivity contribution in [2.24, 2.45) is 0 Å². The third-order valence-corrected chi connectivity index (χ3v) is 0. The molecule has 0 saturated carbocycles.